The first kappa shape index (κ1) is 9.12. The summed E-state index contributed by atoms with van der Waals surface area (Å²) in [5, 5.41) is 0. The number of hydrogen-bond acceptors (Lipinski definition) is 1. The lowest BCUT2D eigenvalue weighted by atomic mass is 10.1. The minimum atomic E-state index is -0.877. The van der Waals surface area contributed by atoms with Crippen molar-refractivity contribution in [2.75, 3.05) is 0 Å². The highest BCUT2D eigenvalue weighted by Gasteiger charge is 2.44. The van der Waals surface area contributed by atoms with E-state index in [2.05, 4.69) is 0 Å². The van der Waals surface area contributed by atoms with Gasteiger partial charge in [0.05, 0.1) is 0 Å². The standard InChI is InChI=1S/C10H9F2NO/c11-8-3-1-2-5(9(8)12)6-4-7(6)10(13)14/h1-3,6-7H,4H2,(H2,13,14). The maximum absolute atomic E-state index is 13.2. The summed E-state index contributed by atoms with van der Waals surface area (Å²) in [4.78, 5) is 10.7. The van der Waals surface area contributed by atoms with Gasteiger partial charge in [0.1, 0.15) is 0 Å². The summed E-state index contributed by atoms with van der Waals surface area (Å²) in [6, 6.07) is 3.98. The second kappa shape index (κ2) is 3.04. The molecule has 2 N–H and O–H groups in total. The van der Waals surface area contributed by atoms with Crippen molar-refractivity contribution in [3.05, 3.63) is 35.4 Å². The predicted molar refractivity (Wildman–Crippen MR) is 46.4 cm³/mol. The molecule has 1 aromatic rings. The van der Waals surface area contributed by atoms with Gasteiger partial charge >= 0.3 is 0 Å². The monoisotopic (exact) mass is 197 g/mol. The molecule has 0 bridgehead atoms. The highest BCUT2D eigenvalue weighted by Crippen LogP contribution is 2.48. The largest absolute Gasteiger partial charge is 0.369 e. The lowest BCUT2D eigenvalue weighted by Gasteiger charge is -2.01. The third-order valence-electron chi connectivity index (χ3n) is 2.54. The molecule has 0 radical (unpaired) electrons. The van der Waals surface area contributed by atoms with Crippen molar-refractivity contribution in [1.82, 2.24) is 0 Å². The number of carbonyl (C=O) groups excluding carboxylic acids is 1. The van der Waals surface area contributed by atoms with E-state index in [1.165, 1.54) is 12.1 Å². The first-order valence-corrected chi connectivity index (χ1v) is 4.34. The predicted octanol–water partition coefficient (Wildman–Crippen LogP) is 1.55. The van der Waals surface area contributed by atoms with Crippen LogP contribution in [0.25, 0.3) is 0 Å². The zero-order valence-electron chi connectivity index (χ0n) is 7.34. The fourth-order valence-electron chi connectivity index (χ4n) is 1.66. The highest BCUT2D eigenvalue weighted by atomic mass is 19.2. The van der Waals surface area contributed by atoms with E-state index in [9.17, 15) is 13.6 Å². The molecular weight excluding hydrogens is 188 g/mol. The van der Waals surface area contributed by atoms with E-state index in [0.717, 1.165) is 6.07 Å². The van der Waals surface area contributed by atoms with E-state index in [0.29, 0.717) is 6.42 Å². The Hall–Kier alpha value is -1.45. The van der Waals surface area contributed by atoms with Crippen LogP contribution in [0.4, 0.5) is 8.78 Å². The smallest absolute Gasteiger partial charge is 0.221 e. The molecule has 2 nitrogen and oxygen atoms in total. The molecule has 1 aromatic carbocycles. The van der Waals surface area contributed by atoms with Gasteiger partial charge in [-0.2, -0.15) is 0 Å². The van der Waals surface area contributed by atoms with Crippen molar-refractivity contribution in [3.63, 3.8) is 0 Å². The third-order valence-corrected chi connectivity index (χ3v) is 2.54. The van der Waals surface area contributed by atoms with Crippen molar-refractivity contribution in [1.29, 1.82) is 0 Å². The van der Waals surface area contributed by atoms with Crippen LogP contribution in [0.5, 0.6) is 0 Å². The van der Waals surface area contributed by atoms with Crippen molar-refractivity contribution in [3.8, 4) is 0 Å². The van der Waals surface area contributed by atoms with Crippen LogP contribution in [-0.2, 0) is 4.79 Å². The van der Waals surface area contributed by atoms with Crippen LogP contribution >= 0.6 is 0 Å². The molecule has 1 amide bonds. The van der Waals surface area contributed by atoms with Crippen LogP contribution in [0.3, 0.4) is 0 Å². The molecule has 14 heavy (non-hydrogen) atoms. The lowest BCUT2D eigenvalue weighted by Crippen LogP contribution is -2.14. The minimum Gasteiger partial charge on any atom is -0.369 e. The SMILES string of the molecule is NC(=O)C1CC1c1cccc(F)c1F. The molecule has 74 valence electrons. The van der Waals surface area contributed by atoms with Crippen molar-refractivity contribution < 1.29 is 13.6 Å². The molecule has 4 heteroatoms. The van der Waals surface area contributed by atoms with Crippen molar-refractivity contribution >= 4 is 5.91 Å². The van der Waals surface area contributed by atoms with Gasteiger partial charge in [0, 0.05) is 5.92 Å². The number of hydrogen-bond donors (Lipinski definition) is 1. The number of halogens is 2. The van der Waals surface area contributed by atoms with Crippen LogP contribution in [0, 0.1) is 17.6 Å². The van der Waals surface area contributed by atoms with Crippen molar-refractivity contribution in [2.24, 2.45) is 11.7 Å². The number of amides is 1. The Labute approximate surface area is 79.7 Å². The molecule has 2 rings (SSSR count). The Balaban J connectivity index is 2.27. The molecule has 0 aromatic heterocycles. The average Bonchev–Trinajstić information content (AvgIpc) is 2.89. The first-order valence-electron chi connectivity index (χ1n) is 4.34. The van der Waals surface area contributed by atoms with E-state index >= 15 is 0 Å². The maximum Gasteiger partial charge on any atom is 0.221 e. The summed E-state index contributed by atoms with van der Waals surface area (Å²) in [6.07, 6.45) is 0.524. The Bertz CT molecular complexity index is 392. The molecule has 0 spiro atoms. The van der Waals surface area contributed by atoms with Crippen LogP contribution < -0.4 is 5.73 Å². The quantitative estimate of drug-likeness (QED) is 0.768. The van der Waals surface area contributed by atoms with Crippen molar-refractivity contribution in [2.45, 2.75) is 12.3 Å². The Kier molecular flexibility index (Phi) is 1.98. The van der Waals surface area contributed by atoms with Gasteiger partial charge in [0.2, 0.25) is 5.91 Å². The van der Waals surface area contributed by atoms with E-state index in [4.69, 9.17) is 5.73 Å². The van der Waals surface area contributed by atoms with Crippen LogP contribution in [0.15, 0.2) is 18.2 Å². The molecule has 2 atom stereocenters. The van der Waals surface area contributed by atoms with Gasteiger partial charge in [0.15, 0.2) is 11.6 Å². The van der Waals surface area contributed by atoms with Crippen LogP contribution in [-0.4, -0.2) is 5.91 Å². The normalized spacial score (nSPS) is 24.7. The summed E-state index contributed by atoms with van der Waals surface area (Å²) in [7, 11) is 0. The second-order valence-electron chi connectivity index (χ2n) is 3.49. The van der Waals surface area contributed by atoms with Gasteiger partial charge in [-0.3, -0.25) is 4.79 Å². The van der Waals surface area contributed by atoms with Crippen LogP contribution in [0.2, 0.25) is 0 Å². The summed E-state index contributed by atoms with van der Waals surface area (Å²) in [5.41, 5.74) is 5.32. The van der Waals surface area contributed by atoms with Gasteiger partial charge in [-0.05, 0) is 24.0 Å². The topological polar surface area (TPSA) is 43.1 Å². The minimum absolute atomic E-state index is 0.233. The average molecular weight is 197 g/mol. The van der Waals surface area contributed by atoms with Gasteiger partial charge in [-0.1, -0.05) is 12.1 Å². The fraction of sp³-hybridized carbons (Fsp3) is 0.300. The molecule has 1 aliphatic rings. The first-order chi connectivity index (χ1) is 6.61. The molecule has 1 fully saturated rings. The number of benzene rings is 1. The van der Waals surface area contributed by atoms with Gasteiger partial charge in [0.25, 0.3) is 0 Å². The zero-order valence-corrected chi connectivity index (χ0v) is 7.34. The molecule has 0 saturated heterocycles. The molecular formula is C10H9F2NO. The number of primary amides is 1. The fourth-order valence-corrected chi connectivity index (χ4v) is 1.66. The molecule has 2 unspecified atom stereocenters. The van der Waals surface area contributed by atoms with E-state index < -0.39 is 17.5 Å². The number of carbonyl (C=O) groups is 1. The van der Waals surface area contributed by atoms with E-state index in [1.54, 1.807) is 0 Å². The summed E-state index contributed by atoms with van der Waals surface area (Å²) < 4.78 is 26.0. The summed E-state index contributed by atoms with van der Waals surface area (Å²) in [5.74, 6) is -2.74. The third kappa shape index (κ3) is 1.36. The maximum atomic E-state index is 13.2. The van der Waals surface area contributed by atoms with Gasteiger partial charge in [-0.15, -0.1) is 0 Å². The Morgan fingerprint density at radius 3 is 2.71 bits per heavy atom. The zero-order chi connectivity index (χ0) is 10.3. The second-order valence-corrected chi connectivity index (χ2v) is 3.49. The lowest BCUT2D eigenvalue weighted by molar-refractivity contribution is -0.119. The summed E-state index contributed by atoms with van der Waals surface area (Å²) in [6.45, 7) is 0. The molecule has 0 aliphatic heterocycles. The number of nitrogens with two attached hydrogens (primary N) is 1. The highest BCUT2D eigenvalue weighted by molar-refractivity contribution is 5.81. The molecule has 0 heterocycles. The molecule has 1 aliphatic carbocycles. The summed E-state index contributed by atoms with van der Waals surface area (Å²) >= 11 is 0. The van der Waals surface area contributed by atoms with E-state index in [1.807, 2.05) is 0 Å². The Morgan fingerprint density at radius 2 is 2.14 bits per heavy atom. The van der Waals surface area contributed by atoms with Crippen LogP contribution in [0.1, 0.15) is 17.9 Å². The van der Waals surface area contributed by atoms with E-state index in [-0.39, 0.29) is 17.4 Å². The van der Waals surface area contributed by atoms with Gasteiger partial charge < -0.3 is 5.73 Å². The Morgan fingerprint density at radius 1 is 1.43 bits per heavy atom. The molecule has 1 saturated carbocycles. The van der Waals surface area contributed by atoms with Gasteiger partial charge in [-0.25, -0.2) is 8.78 Å². The number of rotatable bonds is 2.